The van der Waals surface area contributed by atoms with E-state index in [0.717, 1.165) is 26.2 Å². The van der Waals surface area contributed by atoms with Crippen LogP contribution in [0.3, 0.4) is 0 Å². The predicted molar refractivity (Wildman–Crippen MR) is 148 cm³/mol. The summed E-state index contributed by atoms with van der Waals surface area (Å²) in [7, 11) is 1.81. The maximum atomic E-state index is 12.6. The maximum absolute atomic E-state index is 12.6. The summed E-state index contributed by atoms with van der Waals surface area (Å²) in [6, 6.07) is 13.6. The Kier molecular flexibility index (Phi) is 6.42. The van der Waals surface area contributed by atoms with Gasteiger partial charge in [-0.25, -0.2) is 9.89 Å². The van der Waals surface area contributed by atoms with E-state index < -0.39 is 17.3 Å². The molecule has 2 N–H and O–H groups in total. The first-order valence-corrected chi connectivity index (χ1v) is 12.9. The van der Waals surface area contributed by atoms with Gasteiger partial charge in [0.05, 0.1) is 45.0 Å². The van der Waals surface area contributed by atoms with Gasteiger partial charge in [-0.2, -0.15) is 15.5 Å². The van der Waals surface area contributed by atoms with E-state index >= 15 is 0 Å². The molecule has 0 unspecified atom stereocenters. The number of nitriles is 1. The van der Waals surface area contributed by atoms with Crippen LogP contribution in [0, 0.1) is 11.3 Å². The number of nitrogens with zero attached hydrogens (tertiary/aromatic N) is 4. The van der Waals surface area contributed by atoms with Crippen molar-refractivity contribution < 1.29 is 9.53 Å². The lowest BCUT2D eigenvalue weighted by molar-refractivity contribution is 0.0523. The van der Waals surface area contributed by atoms with Crippen LogP contribution in [0.25, 0.3) is 42.6 Å². The highest BCUT2D eigenvalue weighted by Gasteiger charge is 2.23. The number of carbonyl (C=O) groups excluding carboxylic acids is 1. The topological polar surface area (TPSA) is 126 Å². The molecule has 192 valence electrons. The predicted octanol–water partition coefficient (Wildman–Crippen LogP) is 5.76. The number of benzene rings is 2. The molecule has 0 bridgehead atoms. The number of halogens is 1. The van der Waals surface area contributed by atoms with Gasteiger partial charge in [0.2, 0.25) is 0 Å². The van der Waals surface area contributed by atoms with Gasteiger partial charge in [-0.3, -0.25) is 9.48 Å². The average Bonchev–Trinajstić information content (AvgIpc) is 3.41. The van der Waals surface area contributed by atoms with Crippen molar-refractivity contribution in [3.63, 3.8) is 0 Å². The molecule has 0 fully saturated rings. The van der Waals surface area contributed by atoms with Crippen molar-refractivity contribution >= 4 is 49.9 Å². The Morgan fingerprint density at radius 3 is 2.76 bits per heavy atom. The van der Waals surface area contributed by atoms with Gasteiger partial charge in [-0.1, -0.05) is 29.8 Å². The zero-order chi connectivity index (χ0) is 27.2. The summed E-state index contributed by atoms with van der Waals surface area (Å²) in [6.07, 6.45) is 1.10. The van der Waals surface area contributed by atoms with Crippen LogP contribution < -0.4 is 10.9 Å². The van der Waals surface area contributed by atoms with Crippen LogP contribution in [0.4, 0.5) is 4.79 Å². The molecular weight excluding hydrogens is 524 g/mol. The Labute approximate surface area is 226 Å². The summed E-state index contributed by atoms with van der Waals surface area (Å²) in [6.45, 7) is 5.32. The van der Waals surface area contributed by atoms with Gasteiger partial charge in [0, 0.05) is 28.1 Å². The van der Waals surface area contributed by atoms with Crippen LogP contribution in [0.5, 0.6) is 0 Å². The Morgan fingerprint density at radius 2 is 2.03 bits per heavy atom. The fourth-order valence-electron chi connectivity index (χ4n) is 4.30. The van der Waals surface area contributed by atoms with Gasteiger partial charge in [0.15, 0.2) is 0 Å². The Morgan fingerprint density at radius 1 is 1.26 bits per heavy atom. The van der Waals surface area contributed by atoms with E-state index in [1.807, 2.05) is 31.3 Å². The van der Waals surface area contributed by atoms with Crippen LogP contribution in [0.1, 0.15) is 32.0 Å². The molecule has 3 heterocycles. The number of alkyl carbamates (subject to hydrolysis) is 1. The van der Waals surface area contributed by atoms with Crippen molar-refractivity contribution in [1.29, 1.82) is 5.26 Å². The second-order valence-electron chi connectivity index (χ2n) is 9.68. The fraction of sp³-hybridized carbons (Fsp3) is 0.222. The Bertz CT molecular complexity index is 1820. The quantitative estimate of drug-likeness (QED) is 0.295. The minimum Gasteiger partial charge on any atom is -0.444 e. The van der Waals surface area contributed by atoms with E-state index in [1.165, 1.54) is 11.3 Å². The Hall–Kier alpha value is -4.20. The molecule has 0 aliphatic rings. The van der Waals surface area contributed by atoms with Gasteiger partial charge in [0.1, 0.15) is 11.7 Å². The molecule has 5 aromatic rings. The van der Waals surface area contributed by atoms with Crippen LogP contribution in [0.2, 0.25) is 5.02 Å². The second-order valence-corrected chi connectivity index (χ2v) is 11.1. The smallest absolute Gasteiger partial charge is 0.407 e. The highest BCUT2D eigenvalue weighted by atomic mass is 35.5. The summed E-state index contributed by atoms with van der Waals surface area (Å²) < 4.78 is 8.03. The number of hydrogen-bond acceptors (Lipinski definition) is 7. The van der Waals surface area contributed by atoms with E-state index in [2.05, 4.69) is 26.7 Å². The summed E-state index contributed by atoms with van der Waals surface area (Å²) in [5.74, 6) is 0. The monoisotopic (exact) mass is 546 g/mol. The molecule has 3 aromatic heterocycles. The molecule has 9 nitrogen and oxygen atoms in total. The number of hydrogen-bond donors (Lipinski definition) is 2. The number of nitrogens with one attached hydrogen (secondary N) is 2. The average molecular weight is 547 g/mol. The first-order valence-electron chi connectivity index (χ1n) is 11.7. The molecule has 0 atom stereocenters. The van der Waals surface area contributed by atoms with Gasteiger partial charge in [0.25, 0.3) is 5.56 Å². The lowest BCUT2D eigenvalue weighted by atomic mass is 9.99. The van der Waals surface area contributed by atoms with Crippen LogP contribution >= 0.6 is 22.9 Å². The highest BCUT2D eigenvalue weighted by Crippen LogP contribution is 2.43. The third kappa shape index (κ3) is 4.62. The van der Waals surface area contributed by atoms with Crippen molar-refractivity contribution in [2.75, 3.05) is 0 Å². The summed E-state index contributed by atoms with van der Waals surface area (Å²) in [4.78, 5) is 25.7. The third-order valence-corrected chi connectivity index (χ3v) is 7.37. The lowest BCUT2D eigenvalue weighted by Gasteiger charge is -2.19. The molecule has 0 aliphatic heterocycles. The minimum absolute atomic E-state index is 0.0107. The first-order chi connectivity index (χ1) is 18.1. The number of thiophene rings is 1. The second kappa shape index (κ2) is 9.59. The zero-order valence-electron chi connectivity index (χ0n) is 21.0. The van der Waals surface area contributed by atoms with E-state index in [4.69, 9.17) is 16.3 Å². The van der Waals surface area contributed by atoms with Crippen molar-refractivity contribution in [1.82, 2.24) is 25.3 Å². The normalized spacial score (nSPS) is 11.6. The van der Waals surface area contributed by atoms with Crippen LogP contribution in [-0.2, 0) is 18.3 Å². The summed E-state index contributed by atoms with van der Waals surface area (Å²) >= 11 is 8.14. The van der Waals surface area contributed by atoms with Crippen molar-refractivity contribution in [3.05, 3.63) is 69.2 Å². The maximum Gasteiger partial charge on any atom is 0.407 e. The zero-order valence-corrected chi connectivity index (χ0v) is 22.6. The third-order valence-electron chi connectivity index (χ3n) is 5.89. The number of aromatic nitrogens is 4. The molecule has 5 rings (SSSR count). The first kappa shape index (κ1) is 25.4. The highest BCUT2D eigenvalue weighted by molar-refractivity contribution is 7.22. The number of aromatic amines is 1. The number of rotatable bonds is 4. The molecule has 1 amide bonds. The molecule has 0 radical (unpaired) electrons. The Balaban J connectivity index is 1.64. The molecular formula is C27H23ClN6O3S. The fourth-order valence-corrected chi connectivity index (χ4v) is 5.85. The van der Waals surface area contributed by atoms with Gasteiger partial charge in [-0.05, 0) is 44.5 Å². The van der Waals surface area contributed by atoms with E-state index in [9.17, 15) is 14.9 Å². The van der Waals surface area contributed by atoms with E-state index in [0.29, 0.717) is 22.2 Å². The molecule has 0 spiro atoms. The van der Waals surface area contributed by atoms with Crippen LogP contribution in [0.15, 0.2) is 47.4 Å². The largest absolute Gasteiger partial charge is 0.444 e. The number of fused-ring (bicyclic) bond motifs is 2. The van der Waals surface area contributed by atoms with Crippen molar-refractivity contribution in [2.24, 2.45) is 7.05 Å². The number of ether oxygens (including phenoxy) is 1. The van der Waals surface area contributed by atoms with Crippen molar-refractivity contribution in [2.45, 2.75) is 32.9 Å². The van der Waals surface area contributed by atoms with E-state index in [-0.39, 0.29) is 17.0 Å². The minimum atomic E-state index is -0.660. The molecule has 0 saturated heterocycles. The van der Waals surface area contributed by atoms with Gasteiger partial charge < -0.3 is 10.1 Å². The van der Waals surface area contributed by atoms with Crippen LogP contribution in [-0.4, -0.2) is 31.7 Å². The lowest BCUT2D eigenvalue weighted by Crippen LogP contribution is -2.32. The van der Waals surface area contributed by atoms with Crippen molar-refractivity contribution in [3.8, 4) is 27.8 Å². The summed E-state index contributed by atoms with van der Waals surface area (Å²) in [5, 5.41) is 25.6. The number of H-pyrrole nitrogens is 1. The number of amides is 1. The standard InChI is InChI=1S/C27H23ClN6O3S/c1-27(2,3)37-26(36)30-13-20-16-9-14(10-19(28)22(16)25(35)33-32-20)18-12-31-34(4)23(18)24-17(11-29)15-7-5-6-8-21(15)38-24/h5-10,12H,13H2,1-4H3,(H,30,36)(H,33,35). The molecule has 0 aliphatic carbocycles. The molecule has 11 heteroatoms. The number of aryl methyl sites for hydroxylation is 1. The molecule has 38 heavy (non-hydrogen) atoms. The number of carbonyl (C=O) groups is 1. The van der Waals surface area contributed by atoms with E-state index in [1.54, 1.807) is 43.8 Å². The SMILES string of the molecule is Cn1ncc(-c2cc(Cl)c3c(=O)[nH]nc(CNC(=O)OC(C)(C)C)c3c2)c1-c1sc2ccccc2c1C#N. The van der Waals surface area contributed by atoms with Gasteiger partial charge in [-0.15, -0.1) is 11.3 Å². The summed E-state index contributed by atoms with van der Waals surface area (Å²) in [5.41, 5.74) is 2.07. The molecule has 2 aromatic carbocycles. The molecule has 0 saturated carbocycles. The van der Waals surface area contributed by atoms with Gasteiger partial charge >= 0.3 is 6.09 Å².